The number of nitro benzene ring substituents is 2. The van der Waals surface area contributed by atoms with E-state index in [1.807, 2.05) is 0 Å². The average molecular weight is 539 g/mol. The number of amides is 1. The van der Waals surface area contributed by atoms with Crippen molar-refractivity contribution in [3.63, 3.8) is 0 Å². The number of hydrogen-bond acceptors (Lipinski definition) is 11. The van der Waals surface area contributed by atoms with Crippen LogP contribution in [0.5, 0.6) is 0 Å². The first-order valence-corrected chi connectivity index (χ1v) is 13.0. The summed E-state index contributed by atoms with van der Waals surface area (Å²) in [6.07, 6.45) is 3.07. The number of nitrogens with zero attached hydrogens (tertiary/aromatic N) is 3. The highest BCUT2D eigenvalue weighted by Crippen LogP contribution is 2.36. The molecular weight excluding hydrogens is 512 g/mol. The lowest BCUT2D eigenvalue weighted by Crippen LogP contribution is -2.35. The molecule has 1 saturated heterocycles. The van der Waals surface area contributed by atoms with Crippen LogP contribution in [0.4, 0.5) is 17.1 Å². The lowest BCUT2D eigenvalue weighted by atomic mass is 10.1. The molecule has 0 aromatic heterocycles. The van der Waals surface area contributed by atoms with Crippen molar-refractivity contribution in [1.82, 2.24) is 5.32 Å². The molecule has 0 radical (unpaired) electrons. The van der Waals surface area contributed by atoms with E-state index >= 15 is 0 Å². The maximum atomic E-state index is 13.0. The van der Waals surface area contributed by atoms with E-state index in [9.17, 15) is 33.4 Å². The Morgan fingerprint density at radius 3 is 2.54 bits per heavy atom. The fraction of sp³-hybridized carbons (Fsp3) is 0.632. The molecule has 16 heteroatoms. The van der Waals surface area contributed by atoms with Gasteiger partial charge in [-0.05, 0) is 19.3 Å². The van der Waals surface area contributed by atoms with Crippen molar-refractivity contribution >= 4 is 44.7 Å². The Morgan fingerprint density at radius 1 is 1.23 bits per heavy atom. The van der Waals surface area contributed by atoms with E-state index in [1.54, 1.807) is 0 Å². The molecule has 1 atom stereocenters. The van der Waals surface area contributed by atoms with Crippen LogP contribution in [0.3, 0.4) is 0 Å². The van der Waals surface area contributed by atoms with Crippen molar-refractivity contribution in [1.29, 1.82) is 0 Å². The van der Waals surface area contributed by atoms with Crippen molar-refractivity contribution in [2.75, 3.05) is 56.5 Å². The first-order chi connectivity index (χ1) is 16.5. The van der Waals surface area contributed by atoms with Crippen molar-refractivity contribution in [2.45, 2.75) is 25.6 Å². The summed E-state index contributed by atoms with van der Waals surface area (Å²) in [5.41, 5.74) is -1.95. The van der Waals surface area contributed by atoms with Crippen LogP contribution in [0.1, 0.15) is 29.6 Å². The molecule has 35 heavy (non-hydrogen) atoms. The van der Waals surface area contributed by atoms with Crippen molar-refractivity contribution < 1.29 is 36.7 Å². The Balaban J connectivity index is 2.31. The first kappa shape index (κ1) is 28.6. The number of carbonyl (C=O) groups excluding carboxylic acids is 1. The van der Waals surface area contributed by atoms with Gasteiger partial charge in [-0.1, -0.05) is 0 Å². The summed E-state index contributed by atoms with van der Waals surface area (Å²) in [4.78, 5) is 35.7. The van der Waals surface area contributed by atoms with Gasteiger partial charge in [0, 0.05) is 38.2 Å². The number of halogens is 1. The molecule has 1 fully saturated rings. The van der Waals surface area contributed by atoms with Crippen molar-refractivity contribution in [2.24, 2.45) is 0 Å². The lowest BCUT2D eigenvalue weighted by Gasteiger charge is -2.25. The summed E-state index contributed by atoms with van der Waals surface area (Å²) >= 11 is 5.83. The SMILES string of the molecule is CS(=O)(=O)OCCN(CCCl)c1c(C(=O)NCCOC2CCCCO2)cc([N+](=O)[O-])cc1[N+](=O)[O-]. The second-order valence-corrected chi connectivity index (χ2v) is 9.52. The molecule has 14 nitrogen and oxygen atoms in total. The molecule has 1 aliphatic rings. The number of anilines is 1. The lowest BCUT2D eigenvalue weighted by molar-refractivity contribution is -0.393. The Labute approximate surface area is 206 Å². The molecule has 1 heterocycles. The highest BCUT2D eigenvalue weighted by atomic mass is 35.5. The normalized spacial score (nSPS) is 16.0. The number of rotatable bonds is 14. The first-order valence-electron chi connectivity index (χ1n) is 10.7. The standard InChI is InChI=1S/C19H27ClN4O10S/c1-35(30,31)34-11-8-22(7-5-20)18-15(12-14(23(26)27)13-16(18)24(28)29)19(25)21-6-10-33-17-4-2-3-9-32-17/h12-13,17H,2-11H2,1H3,(H,21,25). The van der Waals surface area contributed by atoms with Crippen LogP contribution in [-0.4, -0.2) is 82.1 Å². The molecule has 1 unspecified atom stereocenters. The van der Waals surface area contributed by atoms with Gasteiger partial charge in [0.1, 0.15) is 5.69 Å². The zero-order valence-corrected chi connectivity index (χ0v) is 20.6. The molecule has 0 saturated carbocycles. The number of nitro groups is 2. The zero-order valence-electron chi connectivity index (χ0n) is 19.0. The minimum absolute atomic E-state index is 0.0152. The summed E-state index contributed by atoms with van der Waals surface area (Å²) in [6, 6.07) is 1.65. The molecule has 196 valence electrons. The molecule has 1 aromatic carbocycles. The number of non-ortho nitro benzene ring substituents is 1. The van der Waals surface area contributed by atoms with Crippen molar-refractivity contribution in [3.8, 4) is 0 Å². The van der Waals surface area contributed by atoms with Crippen LogP contribution in [0.25, 0.3) is 0 Å². The number of hydrogen-bond donors (Lipinski definition) is 1. The number of benzene rings is 1. The van der Waals surface area contributed by atoms with Gasteiger partial charge in [0.25, 0.3) is 27.4 Å². The van der Waals surface area contributed by atoms with Crippen LogP contribution < -0.4 is 10.2 Å². The fourth-order valence-electron chi connectivity index (χ4n) is 3.38. The van der Waals surface area contributed by atoms with Gasteiger partial charge in [-0.3, -0.25) is 29.2 Å². The van der Waals surface area contributed by atoms with Gasteiger partial charge in [-0.25, -0.2) is 0 Å². The summed E-state index contributed by atoms with van der Waals surface area (Å²) in [7, 11) is -3.80. The fourth-order valence-corrected chi connectivity index (χ4v) is 3.96. The van der Waals surface area contributed by atoms with E-state index in [2.05, 4.69) is 5.32 Å². The molecule has 1 aromatic rings. The molecule has 1 aliphatic heterocycles. The van der Waals surface area contributed by atoms with Gasteiger partial charge in [0.2, 0.25) is 0 Å². The Morgan fingerprint density at radius 2 is 1.97 bits per heavy atom. The maximum absolute atomic E-state index is 13.0. The quantitative estimate of drug-likeness (QED) is 0.120. The van der Waals surface area contributed by atoms with Crippen LogP contribution in [0.2, 0.25) is 0 Å². The Kier molecular flexibility index (Phi) is 11.0. The summed E-state index contributed by atoms with van der Waals surface area (Å²) in [5, 5.41) is 25.7. The topological polar surface area (TPSA) is 180 Å². The van der Waals surface area contributed by atoms with E-state index in [1.165, 1.54) is 4.90 Å². The number of nitrogens with one attached hydrogen (secondary N) is 1. The number of alkyl halides is 1. The molecule has 0 spiro atoms. The van der Waals surface area contributed by atoms with E-state index in [0.29, 0.717) is 6.61 Å². The molecule has 0 aliphatic carbocycles. The average Bonchev–Trinajstić information content (AvgIpc) is 2.80. The zero-order chi connectivity index (χ0) is 26.0. The second-order valence-electron chi connectivity index (χ2n) is 7.50. The third-order valence-corrected chi connectivity index (χ3v) is 5.65. The van der Waals surface area contributed by atoms with Crippen LogP contribution in [0.15, 0.2) is 12.1 Å². The minimum atomic E-state index is -3.80. The third-order valence-electron chi connectivity index (χ3n) is 4.89. The smallest absolute Gasteiger partial charge is 0.300 e. The van der Waals surface area contributed by atoms with Gasteiger partial charge in [0.05, 0.1) is 40.9 Å². The van der Waals surface area contributed by atoms with Crippen LogP contribution in [0, 0.1) is 20.2 Å². The van der Waals surface area contributed by atoms with E-state index in [0.717, 1.165) is 37.7 Å². The summed E-state index contributed by atoms with van der Waals surface area (Å²) in [6.45, 7) is 0.0750. The summed E-state index contributed by atoms with van der Waals surface area (Å²) in [5.74, 6) is -0.855. The van der Waals surface area contributed by atoms with Gasteiger partial charge < -0.3 is 19.7 Å². The highest BCUT2D eigenvalue weighted by molar-refractivity contribution is 7.85. The minimum Gasteiger partial charge on any atom is -0.362 e. The van der Waals surface area contributed by atoms with Gasteiger partial charge >= 0.3 is 0 Å². The van der Waals surface area contributed by atoms with Crippen molar-refractivity contribution in [3.05, 3.63) is 37.9 Å². The second kappa shape index (κ2) is 13.5. The van der Waals surface area contributed by atoms with Gasteiger partial charge in [-0.2, -0.15) is 8.42 Å². The van der Waals surface area contributed by atoms with Crippen LogP contribution in [-0.2, 0) is 23.8 Å². The predicted molar refractivity (Wildman–Crippen MR) is 125 cm³/mol. The molecular formula is C19H27ClN4O10S. The van der Waals surface area contributed by atoms with Crippen LogP contribution >= 0.6 is 11.6 Å². The number of ether oxygens (including phenoxy) is 2. The van der Waals surface area contributed by atoms with E-state index in [4.69, 9.17) is 25.3 Å². The highest BCUT2D eigenvalue weighted by Gasteiger charge is 2.31. The molecule has 0 bridgehead atoms. The van der Waals surface area contributed by atoms with Gasteiger partial charge in [0.15, 0.2) is 6.29 Å². The predicted octanol–water partition coefficient (Wildman–Crippen LogP) is 1.80. The molecule has 2 rings (SSSR count). The summed E-state index contributed by atoms with van der Waals surface area (Å²) < 4.78 is 38.3. The monoisotopic (exact) mass is 538 g/mol. The largest absolute Gasteiger partial charge is 0.362 e. The Bertz CT molecular complexity index is 1020. The molecule has 1 amide bonds. The maximum Gasteiger partial charge on any atom is 0.300 e. The third kappa shape index (κ3) is 9.18. The van der Waals surface area contributed by atoms with E-state index < -0.39 is 37.2 Å². The van der Waals surface area contributed by atoms with E-state index in [-0.39, 0.29) is 56.3 Å². The van der Waals surface area contributed by atoms with Gasteiger partial charge in [-0.15, -0.1) is 11.6 Å². The number of carbonyl (C=O) groups is 1. The molecule has 1 N–H and O–H groups in total. The Hall–Kier alpha value is -2.59.